The molecule has 0 spiro atoms. The molecule has 1 heterocycles. The number of esters is 1. The molecule has 0 bridgehead atoms. The van der Waals surface area contributed by atoms with E-state index in [2.05, 4.69) is 10.6 Å². The number of ether oxygens (including phenoxy) is 1. The Labute approximate surface area is 144 Å². The van der Waals surface area contributed by atoms with Crippen molar-refractivity contribution >= 4 is 17.8 Å². The number of Topliss-reactive ketones (excluding diaryl/α,β-unsaturated/α-hetero) is 1. The topological polar surface area (TPSA) is 84.5 Å². The number of urea groups is 1. The number of carbonyl (C=O) groups excluding carboxylic acids is 3. The van der Waals surface area contributed by atoms with Crippen LogP contribution in [0, 0.1) is 0 Å². The molecule has 1 aliphatic heterocycles. The number of rotatable bonds is 4. The lowest BCUT2D eigenvalue weighted by molar-refractivity contribution is -0.136. The number of amides is 2. The minimum absolute atomic E-state index is 0.142. The zero-order valence-corrected chi connectivity index (χ0v) is 13.5. The maximum Gasteiger partial charge on any atom is 0.355 e. The van der Waals surface area contributed by atoms with Crippen LogP contribution in [0.4, 0.5) is 4.79 Å². The minimum Gasteiger partial charge on any atom is -0.464 e. The molecular formula is C19H16N2O4. The maximum absolute atomic E-state index is 13.1. The van der Waals surface area contributed by atoms with Gasteiger partial charge in [0.2, 0.25) is 0 Å². The highest BCUT2D eigenvalue weighted by Crippen LogP contribution is 2.29. The molecule has 6 nitrogen and oxygen atoms in total. The summed E-state index contributed by atoms with van der Waals surface area (Å²) in [6.45, 7) is 0. The Hall–Kier alpha value is -3.41. The maximum atomic E-state index is 13.1. The van der Waals surface area contributed by atoms with Crippen LogP contribution in [-0.2, 0) is 9.53 Å². The molecule has 2 aromatic carbocycles. The Kier molecular flexibility index (Phi) is 4.61. The third-order valence-corrected chi connectivity index (χ3v) is 3.88. The van der Waals surface area contributed by atoms with Gasteiger partial charge >= 0.3 is 12.0 Å². The third-order valence-electron chi connectivity index (χ3n) is 3.88. The second-order valence-electron chi connectivity index (χ2n) is 5.42. The smallest absolute Gasteiger partial charge is 0.355 e. The van der Waals surface area contributed by atoms with Crippen molar-refractivity contribution in [2.75, 3.05) is 7.11 Å². The van der Waals surface area contributed by atoms with E-state index in [1.807, 2.05) is 6.07 Å². The number of benzene rings is 2. The van der Waals surface area contributed by atoms with Gasteiger partial charge in [0.05, 0.1) is 18.7 Å². The summed E-state index contributed by atoms with van der Waals surface area (Å²) in [6.07, 6.45) is 0. The van der Waals surface area contributed by atoms with Crippen LogP contribution in [0.15, 0.2) is 71.9 Å². The van der Waals surface area contributed by atoms with Crippen molar-refractivity contribution in [2.45, 2.75) is 6.04 Å². The highest BCUT2D eigenvalue weighted by Gasteiger charge is 2.36. The lowest BCUT2D eigenvalue weighted by Gasteiger charge is -2.28. The fraction of sp³-hybridized carbons (Fsp3) is 0.105. The van der Waals surface area contributed by atoms with E-state index in [9.17, 15) is 14.4 Å². The molecule has 3 rings (SSSR count). The molecule has 2 N–H and O–H groups in total. The van der Waals surface area contributed by atoms with Crippen molar-refractivity contribution in [2.24, 2.45) is 0 Å². The van der Waals surface area contributed by atoms with Gasteiger partial charge in [0.25, 0.3) is 0 Å². The van der Waals surface area contributed by atoms with Gasteiger partial charge in [0, 0.05) is 5.56 Å². The van der Waals surface area contributed by atoms with E-state index in [1.165, 1.54) is 7.11 Å². The molecule has 2 amide bonds. The summed E-state index contributed by atoms with van der Waals surface area (Å²) in [5.41, 5.74) is 1.11. The second kappa shape index (κ2) is 7.00. The molecule has 6 heteroatoms. The van der Waals surface area contributed by atoms with Gasteiger partial charge in [-0.05, 0) is 5.56 Å². The predicted octanol–water partition coefficient (Wildman–Crippen LogP) is 2.35. The van der Waals surface area contributed by atoms with Crippen molar-refractivity contribution in [1.82, 2.24) is 10.6 Å². The summed E-state index contributed by atoms with van der Waals surface area (Å²) in [5.74, 6) is -1.13. The predicted molar refractivity (Wildman–Crippen MR) is 90.7 cm³/mol. The molecule has 2 aromatic rings. The summed E-state index contributed by atoms with van der Waals surface area (Å²) in [7, 11) is 1.20. The van der Waals surface area contributed by atoms with E-state index in [1.54, 1.807) is 54.6 Å². The van der Waals surface area contributed by atoms with Gasteiger partial charge in [-0.15, -0.1) is 0 Å². The molecule has 0 aromatic heterocycles. The first-order valence-electron chi connectivity index (χ1n) is 7.66. The van der Waals surface area contributed by atoms with Gasteiger partial charge < -0.3 is 15.4 Å². The van der Waals surface area contributed by atoms with E-state index < -0.39 is 18.0 Å². The lowest BCUT2D eigenvalue weighted by Crippen LogP contribution is -2.47. The summed E-state index contributed by atoms with van der Waals surface area (Å²) in [6, 6.07) is 16.2. The molecule has 126 valence electrons. The molecule has 0 saturated heterocycles. The van der Waals surface area contributed by atoms with Crippen molar-refractivity contribution < 1.29 is 19.1 Å². The first kappa shape index (κ1) is 16.4. The Morgan fingerprint density at radius 1 is 0.960 bits per heavy atom. The number of ketones is 1. The van der Waals surface area contributed by atoms with E-state index in [4.69, 9.17) is 4.74 Å². The average molecular weight is 336 g/mol. The van der Waals surface area contributed by atoms with Crippen molar-refractivity contribution in [3.05, 3.63) is 83.1 Å². The molecule has 0 aliphatic carbocycles. The highest BCUT2D eigenvalue weighted by molar-refractivity contribution is 6.15. The monoisotopic (exact) mass is 336 g/mol. The largest absolute Gasteiger partial charge is 0.464 e. The first-order valence-corrected chi connectivity index (χ1v) is 7.66. The Bertz CT molecular complexity index is 844. The highest BCUT2D eigenvalue weighted by atomic mass is 16.5. The average Bonchev–Trinajstić information content (AvgIpc) is 2.67. The number of hydrogen-bond donors (Lipinski definition) is 2. The Morgan fingerprint density at radius 3 is 2.16 bits per heavy atom. The number of carbonyl (C=O) groups is 3. The minimum atomic E-state index is -0.768. The molecule has 0 unspecified atom stereocenters. The zero-order valence-electron chi connectivity index (χ0n) is 13.5. The van der Waals surface area contributed by atoms with Crippen LogP contribution >= 0.6 is 0 Å². The Balaban J connectivity index is 2.17. The van der Waals surface area contributed by atoms with Crippen molar-refractivity contribution in [3.63, 3.8) is 0 Å². The van der Waals surface area contributed by atoms with Gasteiger partial charge in [-0.3, -0.25) is 4.79 Å². The van der Waals surface area contributed by atoms with Crippen molar-refractivity contribution in [1.29, 1.82) is 0 Å². The van der Waals surface area contributed by atoms with Gasteiger partial charge in [-0.2, -0.15) is 0 Å². The molecule has 1 aliphatic rings. The van der Waals surface area contributed by atoms with Crippen LogP contribution in [0.3, 0.4) is 0 Å². The standard InChI is InChI=1S/C19H16N2O4/c1-25-18(23)16-14(17(22)13-10-6-3-7-11-13)15(20-19(24)21-16)12-8-4-2-5-9-12/h2-11,15H,1H3,(H2,20,21,24)/t15-/m0/s1. The van der Waals surface area contributed by atoms with E-state index in [0.717, 1.165) is 0 Å². The van der Waals surface area contributed by atoms with E-state index in [-0.39, 0.29) is 17.1 Å². The summed E-state index contributed by atoms with van der Waals surface area (Å²) in [4.78, 5) is 37.2. The fourth-order valence-electron chi connectivity index (χ4n) is 2.71. The normalized spacial score (nSPS) is 16.7. The number of hydrogen-bond acceptors (Lipinski definition) is 4. The molecule has 0 radical (unpaired) electrons. The zero-order chi connectivity index (χ0) is 17.8. The quantitative estimate of drug-likeness (QED) is 0.663. The first-order chi connectivity index (χ1) is 12.1. The van der Waals surface area contributed by atoms with Crippen LogP contribution in [0.5, 0.6) is 0 Å². The number of nitrogens with one attached hydrogen (secondary N) is 2. The number of methoxy groups -OCH3 is 1. The van der Waals surface area contributed by atoms with E-state index in [0.29, 0.717) is 11.1 Å². The van der Waals surface area contributed by atoms with E-state index >= 15 is 0 Å². The van der Waals surface area contributed by atoms with Crippen LogP contribution in [0.25, 0.3) is 0 Å². The fourth-order valence-corrected chi connectivity index (χ4v) is 2.71. The molecular weight excluding hydrogens is 320 g/mol. The molecule has 0 fully saturated rings. The van der Waals surface area contributed by atoms with Gasteiger partial charge in [0.15, 0.2) is 5.78 Å². The van der Waals surface area contributed by atoms with Gasteiger partial charge in [0.1, 0.15) is 5.70 Å². The van der Waals surface area contributed by atoms with Crippen molar-refractivity contribution in [3.8, 4) is 0 Å². The van der Waals surface area contributed by atoms with Gasteiger partial charge in [-0.1, -0.05) is 60.7 Å². The SMILES string of the molecule is COC(=O)C1=C(C(=O)c2ccccc2)[C@H](c2ccccc2)NC(=O)N1. The second-order valence-corrected chi connectivity index (χ2v) is 5.42. The van der Waals surface area contributed by atoms with Gasteiger partial charge in [-0.25, -0.2) is 9.59 Å². The molecule has 1 atom stereocenters. The van der Waals surface area contributed by atoms with Crippen LogP contribution < -0.4 is 10.6 Å². The summed E-state index contributed by atoms with van der Waals surface area (Å²) >= 11 is 0. The molecule has 0 saturated carbocycles. The Morgan fingerprint density at radius 2 is 1.56 bits per heavy atom. The summed E-state index contributed by atoms with van der Waals surface area (Å²) < 4.78 is 4.75. The molecule has 25 heavy (non-hydrogen) atoms. The third kappa shape index (κ3) is 3.28. The van der Waals surface area contributed by atoms with Crippen LogP contribution in [-0.4, -0.2) is 24.9 Å². The lowest BCUT2D eigenvalue weighted by atomic mass is 9.89. The van der Waals surface area contributed by atoms with Crippen LogP contribution in [0.2, 0.25) is 0 Å². The van der Waals surface area contributed by atoms with Crippen LogP contribution in [0.1, 0.15) is 22.0 Å². The summed E-state index contributed by atoms with van der Waals surface area (Å²) in [5, 5.41) is 5.11.